The Morgan fingerprint density at radius 1 is 0.492 bits per heavy atom. The van der Waals surface area contributed by atoms with Gasteiger partial charge in [0.15, 0.2) is 0 Å². The molecule has 4 heterocycles. The highest BCUT2D eigenvalue weighted by atomic mass is 32.1. The molecule has 0 amide bonds. The molecule has 0 saturated carbocycles. The molecule has 2 atom stereocenters. The largest absolute Gasteiger partial charge is 0.139 e. The summed E-state index contributed by atoms with van der Waals surface area (Å²) >= 11 is 7.91. The van der Waals surface area contributed by atoms with E-state index in [2.05, 4.69) is 152 Å². The van der Waals surface area contributed by atoms with Crippen LogP contribution in [-0.4, -0.2) is 0 Å². The molecule has 0 nitrogen and oxygen atoms in total. The number of fused-ring (bicyclic) bond motifs is 3. The Labute approximate surface area is 373 Å². The zero-order valence-corrected chi connectivity index (χ0v) is 40.3. The van der Waals surface area contributed by atoms with Gasteiger partial charge in [-0.2, -0.15) is 0 Å². The van der Waals surface area contributed by atoms with Crippen molar-refractivity contribution in [1.29, 1.82) is 0 Å². The van der Waals surface area contributed by atoms with Crippen molar-refractivity contribution >= 4 is 45.3 Å². The van der Waals surface area contributed by atoms with Crippen LogP contribution in [0.1, 0.15) is 140 Å². The van der Waals surface area contributed by atoms with E-state index < -0.39 is 0 Å². The molecule has 0 bridgehead atoms. The average molecular weight is 855 g/mol. The van der Waals surface area contributed by atoms with Crippen LogP contribution in [0.3, 0.4) is 0 Å². The lowest BCUT2D eigenvalue weighted by Crippen LogP contribution is -2.25. The van der Waals surface area contributed by atoms with Crippen LogP contribution < -0.4 is 0 Å². The molecule has 1 aliphatic carbocycles. The Balaban J connectivity index is 1.08. The molecule has 2 aromatic carbocycles. The summed E-state index contributed by atoms with van der Waals surface area (Å²) in [5.74, 6) is 1.52. The molecule has 0 radical (unpaired) electrons. The second-order valence-corrected chi connectivity index (χ2v) is 22.5. The summed E-state index contributed by atoms with van der Waals surface area (Å²) < 4.78 is 0. The molecule has 7 rings (SSSR count). The van der Waals surface area contributed by atoms with Crippen molar-refractivity contribution in [2.24, 2.45) is 11.8 Å². The zero-order valence-electron chi connectivity index (χ0n) is 37.0. The number of allylic oxidation sites excluding steroid dienone is 4. The van der Waals surface area contributed by atoms with Crippen LogP contribution in [0.2, 0.25) is 0 Å². The SMILES string of the molecule is CCCC1(CCC)c2cc(-c3ccc(-c4ccc(CC[C@H](C)CCC=C(C)C)s4)s3)ccc2-c2ccc(-c3ccc(-c4ccc(CC[C@H](C)CCC=C(C)C)s4)s3)cc21. The summed E-state index contributed by atoms with van der Waals surface area (Å²) in [6.07, 6.45) is 19.3. The third kappa shape index (κ3) is 10.4. The van der Waals surface area contributed by atoms with Gasteiger partial charge in [-0.05, 0) is 198 Å². The maximum Gasteiger partial charge on any atom is 0.0449 e. The summed E-state index contributed by atoms with van der Waals surface area (Å²) in [5, 5.41) is 0. The maximum absolute atomic E-state index is 2.58. The minimum Gasteiger partial charge on any atom is -0.139 e. The van der Waals surface area contributed by atoms with E-state index in [-0.39, 0.29) is 5.41 Å². The van der Waals surface area contributed by atoms with Gasteiger partial charge in [0.05, 0.1) is 0 Å². The van der Waals surface area contributed by atoms with Crippen LogP contribution in [0.4, 0.5) is 0 Å². The first-order chi connectivity index (χ1) is 28.6. The van der Waals surface area contributed by atoms with Gasteiger partial charge >= 0.3 is 0 Å². The molecule has 0 unspecified atom stereocenters. The van der Waals surface area contributed by atoms with E-state index >= 15 is 0 Å². The van der Waals surface area contributed by atoms with Gasteiger partial charge in [0.2, 0.25) is 0 Å². The van der Waals surface area contributed by atoms with Crippen molar-refractivity contribution in [3.63, 3.8) is 0 Å². The van der Waals surface area contributed by atoms with Gasteiger partial charge in [0, 0.05) is 44.4 Å². The Hall–Kier alpha value is -3.28. The Morgan fingerprint density at radius 3 is 1.29 bits per heavy atom. The van der Waals surface area contributed by atoms with Crippen LogP contribution in [-0.2, 0) is 18.3 Å². The van der Waals surface area contributed by atoms with E-state index in [4.69, 9.17) is 0 Å². The summed E-state index contributed by atoms with van der Waals surface area (Å²) in [6, 6.07) is 33.7. The van der Waals surface area contributed by atoms with Crippen molar-refractivity contribution in [3.05, 3.63) is 129 Å². The number of benzene rings is 2. The average Bonchev–Trinajstić information content (AvgIpc) is 4.07. The normalized spacial score (nSPS) is 13.9. The lowest BCUT2D eigenvalue weighted by Gasteiger charge is -2.32. The van der Waals surface area contributed by atoms with Gasteiger partial charge < -0.3 is 0 Å². The standard InChI is InChI=1S/C55H66S4/c1-9-33-55(34-10-2)47-35-41(49-29-31-53(58-49)51-27-23-43(56-51)21-17-39(7)15-11-13-37(3)4)19-25-45(47)46-26-20-42(36-48(46)55)50-30-32-54(59-50)52-28-24-44(57-52)22-18-40(8)16-12-14-38(5)6/h13-14,19-20,23-32,35-36,39-40H,9-12,15-18,21-22,33-34H2,1-8H3/t39-,40-/m1/s1. The zero-order chi connectivity index (χ0) is 41.5. The first-order valence-electron chi connectivity index (χ1n) is 22.5. The summed E-state index contributed by atoms with van der Waals surface area (Å²) in [5.41, 5.74) is 11.6. The highest BCUT2D eigenvalue weighted by Gasteiger charge is 2.42. The van der Waals surface area contributed by atoms with E-state index in [1.165, 1.54) is 149 Å². The highest BCUT2D eigenvalue weighted by molar-refractivity contribution is 7.24. The van der Waals surface area contributed by atoms with Crippen molar-refractivity contribution in [2.45, 2.75) is 138 Å². The number of hydrogen-bond donors (Lipinski definition) is 0. The minimum atomic E-state index is 0.0389. The maximum atomic E-state index is 2.58. The predicted molar refractivity (Wildman–Crippen MR) is 268 cm³/mol. The molecular formula is C55H66S4. The fourth-order valence-corrected chi connectivity index (χ4v) is 13.5. The third-order valence-corrected chi connectivity index (χ3v) is 17.4. The third-order valence-electron chi connectivity index (χ3n) is 12.5. The van der Waals surface area contributed by atoms with Crippen LogP contribution >= 0.6 is 45.3 Å². The number of aryl methyl sites for hydroxylation is 2. The van der Waals surface area contributed by atoms with Gasteiger partial charge in [-0.1, -0.05) is 88.1 Å². The number of thiophene rings is 4. The number of rotatable bonds is 20. The lowest BCUT2D eigenvalue weighted by molar-refractivity contribution is 0.436. The van der Waals surface area contributed by atoms with Crippen LogP contribution in [0.5, 0.6) is 0 Å². The van der Waals surface area contributed by atoms with Crippen molar-refractivity contribution in [3.8, 4) is 51.5 Å². The van der Waals surface area contributed by atoms with Crippen LogP contribution in [0.15, 0.2) is 108 Å². The lowest BCUT2D eigenvalue weighted by atomic mass is 9.71. The minimum absolute atomic E-state index is 0.0389. The van der Waals surface area contributed by atoms with E-state index in [1.807, 2.05) is 45.3 Å². The first-order valence-corrected chi connectivity index (χ1v) is 25.8. The molecule has 4 aromatic heterocycles. The monoisotopic (exact) mass is 854 g/mol. The quantitative estimate of drug-likeness (QED) is 0.0671. The van der Waals surface area contributed by atoms with E-state index in [9.17, 15) is 0 Å². The molecule has 0 spiro atoms. The van der Waals surface area contributed by atoms with Gasteiger partial charge in [0.25, 0.3) is 0 Å². The molecule has 0 fully saturated rings. The number of hydrogen-bond acceptors (Lipinski definition) is 4. The molecule has 0 aliphatic heterocycles. The Morgan fingerprint density at radius 2 is 0.881 bits per heavy atom. The smallest absolute Gasteiger partial charge is 0.0449 e. The molecule has 310 valence electrons. The van der Waals surface area contributed by atoms with Crippen molar-refractivity contribution in [1.82, 2.24) is 0 Å². The molecule has 0 N–H and O–H groups in total. The predicted octanol–water partition coefficient (Wildman–Crippen LogP) is 19.1. The molecule has 0 saturated heterocycles. The van der Waals surface area contributed by atoms with Crippen molar-refractivity contribution in [2.75, 3.05) is 0 Å². The molecule has 59 heavy (non-hydrogen) atoms. The van der Waals surface area contributed by atoms with Gasteiger partial charge in [-0.25, -0.2) is 0 Å². The van der Waals surface area contributed by atoms with E-state index in [0.717, 1.165) is 11.8 Å². The molecular weight excluding hydrogens is 789 g/mol. The molecule has 4 heteroatoms. The summed E-state index contributed by atoms with van der Waals surface area (Å²) in [4.78, 5) is 11.4. The second-order valence-electron chi connectivity index (χ2n) is 18.0. The molecule has 1 aliphatic rings. The van der Waals surface area contributed by atoms with E-state index in [1.54, 1.807) is 11.1 Å². The van der Waals surface area contributed by atoms with Crippen LogP contribution in [0, 0.1) is 11.8 Å². The Kier molecular flexibility index (Phi) is 14.9. The van der Waals surface area contributed by atoms with Crippen molar-refractivity contribution < 1.29 is 0 Å². The van der Waals surface area contributed by atoms with Crippen LogP contribution in [0.25, 0.3) is 51.5 Å². The van der Waals surface area contributed by atoms with Gasteiger partial charge in [-0.15, -0.1) is 45.3 Å². The fourth-order valence-electron chi connectivity index (χ4n) is 9.24. The fraction of sp³-hybridized carbons (Fsp3) is 0.418. The summed E-state index contributed by atoms with van der Waals surface area (Å²) in [6.45, 7) is 18.4. The topological polar surface area (TPSA) is 0 Å². The Bertz CT molecular complexity index is 2190. The summed E-state index contributed by atoms with van der Waals surface area (Å²) in [7, 11) is 0. The van der Waals surface area contributed by atoms with Gasteiger partial charge in [-0.3, -0.25) is 0 Å². The van der Waals surface area contributed by atoms with Gasteiger partial charge in [0.1, 0.15) is 0 Å². The molecule has 6 aromatic rings. The first kappa shape index (κ1) is 43.8. The second kappa shape index (κ2) is 20.1. The highest BCUT2D eigenvalue weighted by Crippen LogP contribution is 2.56. The van der Waals surface area contributed by atoms with E-state index in [0.29, 0.717) is 0 Å².